The van der Waals surface area contributed by atoms with E-state index < -0.39 is 23.3 Å². The third-order valence-corrected chi connectivity index (χ3v) is 8.34. The predicted octanol–water partition coefficient (Wildman–Crippen LogP) is 1.49. The zero-order valence-corrected chi connectivity index (χ0v) is 27.1. The molecule has 4 heterocycles. The molecule has 3 aromatic rings. The van der Waals surface area contributed by atoms with Crippen molar-refractivity contribution < 1.29 is 67.8 Å². The smallest absolute Gasteiger partial charge is 0.493 e. The molecule has 6 rings (SSSR count). The van der Waals surface area contributed by atoms with E-state index in [4.69, 9.17) is 24.1 Å². The number of hydrogen-bond acceptors (Lipinski definition) is 6. The molecular formula is C31H36N3NaO7+2. The molecule has 2 N–H and O–H groups in total. The Morgan fingerprint density at radius 2 is 1.86 bits per heavy atom. The van der Waals surface area contributed by atoms with Crippen LogP contribution in [0.1, 0.15) is 45.6 Å². The van der Waals surface area contributed by atoms with Gasteiger partial charge in [-0.2, -0.15) is 9.56 Å². The molecule has 0 saturated heterocycles. The van der Waals surface area contributed by atoms with Crippen LogP contribution in [-0.2, 0) is 22.6 Å². The van der Waals surface area contributed by atoms with Crippen molar-refractivity contribution in [1.29, 1.82) is 0 Å². The average Bonchev–Trinajstić information content (AvgIpc) is 3.42. The van der Waals surface area contributed by atoms with Crippen LogP contribution in [0, 0.1) is 11.3 Å². The third kappa shape index (κ3) is 5.43. The molecule has 1 aromatic heterocycles. The Balaban J connectivity index is 0.000000209. The predicted molar refractivity (Wildman–Crippen MR) is 153 cm³/mol. The summed E-state index contributed by atoms with van der Waals surface area (Å²) >= 11 is 0. The third-order valence-electron chi connectivity index (χ3n) is 8.34. The number of nitrogens with zero attached hydrogens (tertiary/aromatic N) is 2. The van der Waals surface area contributed by atoms with E-state index in [1.165, 1.54) is 16.8 Å². The van der Waals surface area contributed by atoms with Gasteiger partial charge < -0.3 is 24.1 Å². The van der Waals surface area contributed by atoms with Gasteiger partial charge in [-0.3, -0.25) is 14.9 Å². The first kappa shape index (κ1) is 31.6. The number of carbonyl (C=O) groups excluding carboxylic acids is 2. The fraction of sp³-hybridized carbons (Fsp3) is 0.419. The van der Waals surface area contributed by atoms with Crippen LogP contribution < -0.4 is 58.4 Å². The number of rotatable bonds is 6. The van der Waals surface area contributed by atoms with Crippen molar-refractivity contribution in [3.8, 4) is 34.3 Å². The second kappa shape index (κ2) is 12.9. The number of amidine groups is 1. The minimum absolute atomic E-state index is 0. The number of aliphatic hydroxyl groups is 1. The molecule has 2 atom stereocenters. The number of aromatic nitrogens is 1. The van der Waals surface area contributed by atoms with Crippen LogP contribution in [-0.4, -0.2) is 44.0 Å². The van der Waals surface area contributed by atoms with Crippen molar-refractivity contribution in [3.05, 3.63) is 42.1 Å². The minimum atomic E-state index is -1.11. The number of ether oxygens (including phenoxy) is 4. The summed E-state index contributed by atoms with van der Waals surface area (Å²) in [5.74, 6) is 2.14. The van der Waals surface area contributed by atoms with Gasteiger partial charge in [0, 0.05) is 12.5 Å². The van der Waals surface area contributed by atoms with Crippen LogP contribution in [0.5, 0.6) is 23.0 Å². The quantitative estimate of drug-likeness (QED) is 0.256. The summed E-state index contributed by atoms with van der Waals surface area (Å²) in [6, 6.07) is 9.83. The number of methoxy groups -OCH3 is 2. The monoisotopic (exact) mass is 585 g/mol. The van der Waals surface area contributed by atoms with Gasteiger partial charge in [0.1, 0.15) is 5.41 Å². The average molecular weight is 586 g/mol. The van der Waals surface area contributed by atoms with Crippen LogP contribution in [0.15, 0.2) is 41.5 Å². The van der Waals surface area contributed by atoms with Crippen LogP contribution in [0.4, 0.5) is 0 Å². The summed E-state index contributed by atoms with van der Waals surface area (Å²) in [4.78, 5) is 27.2. The Kier molecular flexibility index (Phi) is 9.70. The molecule has 42 heavy (non-hydrogen) atoms. The summed E-state index contributed by atoms with van der Waals surface area (Å²) in [5.41, 5.74) is 2.57. The minimum Gasteiger partial charge on any atom is -0.493 e. The molecule has 2 aromatic carbocycles. The SMILES string of the molecule is CCCC(C)C1(CC)C(=O)N=C(O)NC1=O.COc1ccc2cc3[n+](cc2c1OC)CCc1cc2c(cc1-3)OCO2.[Na+]. The van der Waals surface area contributed by atoms with Gasteiger partial charge in [0.2, 0.25) is 18.4 Å². The first-order chi connectivity index (χ1) is 19.8. The molecule has 0 saturated carbocycles. The molecule has 11 heteroatoms. The van der Waals surface area contributed by atoms with E-state index in [9.17, 15) is 9.59 Å². The van der Waals surface area contributed by atoms with Gasteiger partial charge in [-0.25, -0.2) is 0 Å². The Morgan fingerprint density at radius 1 is 1.12 bits per heavy atom. The Labute approximate surface area is 267 Å². The molecule has 3 aliphatic rings. The molecule has 0 spiro atoms. The maximum atomic E-state index is 11.9. The van der Waals surface area contributed by atoms with Gasteiger partial charge in [-0.1, -0.05) is 27.2 Å². The van der Waals surface area contributed by atoms with Gasteiger partial charge in [0.15, 0.2) is 35.7 Å². The van der Waals surface area contributed by atoms with Gasteiger partial charge in [0.05, 0.1) is 25.2 Å². The Morgan fingerprint density at radius 3 is 2.50 bits per heavy atom. The second-order valence-corrected chi connectivity index (χ2v) is 10.5. The fourth-order valence-corrected chi connectivity index (χ4v) is 6.08. The molecule has 0 aliphatic carbocycles. The van der Waals surface area contributed by atoms with Crippen LogP contribution in [0.2, 0.25) is 0 Å². The molecule has 2 unspecified atom stereocenters. The largest absolute Gasteiger partial charge is 1.00 e. The van der Waals surface area contributed by atoms with E-state index in [1.54, 1.807) is 21.1 Å². The summed E-state index contributed by atoms with van der Waals surface area (Å²) in [5, 5.41) is 13.5. The zero-order chi connectivity index (χ0) is 29.3. The second-order valence-electron chi connectivity index (χ2n) is 10.5. The number of aryl methyl sites for hydroxylation is 2. The van der Waals surface area contributed by atoms with Crippen molar-refractivity contribution in [3.63, 3.8) is 0 Å². The first-order valence-electron chi connectivity index (χ1n) is 13.9. The molecule has 10 nitrogen and oxygen atoms in total. The van der Waals surface area contributed by atoms with Gasteiger partial charge >= 0.3 is 29.6 Å². The van der Waals surface area contributed by atoms with Gasteiger partial charge in [-0.05, 0) is 54.0 Å². The molecular weight excluding hydrogens is 549 g/mol. The van der Waals surface area contributed by atoms with Crippen LogP contribution in [0.25, 0.3) is 22.0 Å². The zero-order valence-electron chi connectivity index (χ0n) is 25.1. The number of amides is 2. The summed E-state index contributed by atoms with van der Waals surface area (Å²) in [7, 11) is 3.34. The standard InChI is InChI=1S/C20H18NO4.C11H18N2O3.Na/c1-22-17-4-3-12-7-16-14-9-19-18(24-11-25-19)8-13(14)5-6-21(16)10-15(12)20(17)23-2;1-4-6-7(3)11(5-2)8(14)12-10(16)13-9(11)15;/h3-4,7-10H,5-6,11H2,1-2H3;7H,4-6H2,1-3H3,(H2,12,13,14,15,16);/q+1;;+1. The summed E-state index contributed by atoms with van der Waals surface area (Å²) < 4.78 is 24.4. The van der Waals surface area contributed by atoms with Crippen molar-refractivity contribution >= 4 is 28.6 Å². The van der Waals surface area contributed by atoms with E-state index in [2.05, 4.69) is 45.3 Å². The number of fused-ring (bicyclic) bond motifs is 5. The van der Waals surface area contributed by atoms with E-state index >= 15 is 0 Å². The number of hydrogen-bond donors (Lipinski definition) is 2. The number of benzene rings is 2. The number of aliphatic hydroxyl groups excluding tert-OH is 1. The number of aliphatic imine (C=N–C) groups is 1. The van der Waals surface area contributed by atoms with E-state index in [0.717, 1.165) is 59.6 Å². The normalized spacial score (nSPS) is 18.8. The maximum absolute atomic E-state index is 11.9. The molecule has 216 valence electrons. The fourth-order valence-electron chi connectivity index (χ4n) is 6.08. The van der Waals surface area contributed by atoms with Crippen LogP contribution >= 0.6 is 0 Å². The number of carbonyl (C=O) groups is 2. The molecule has 0 radical (unpaired) electrons. The maximum Gasteiger partial charge on any atom is 1.00 e. The van der Waals surface area contributed by atoms with E-state index in [-0.39, 0.29) is 35.5 Å². The number of nitrogens with one attached hydrogen (secondary N) is 1. The van der Waals surface area contributed by atoms with Crippen molar-refractivity contribution in [2.75, 3.05) is 21.0 Å². The molecule has 0 bridgehead atoms. The number of pyridine rings is 1. The van der Waals surface area contributed by atoms with Gasteiger partial charge in [0.25, 0.3) is 11.9 Å². The Hall–Kier alpha value is -3.34. The van der Waals surface area contributed by atoms with E-state index in [1.807, 2.05) is 19.9 Å². The molecule has 2 amide bonds. The van der Waals surface area contributed by atoms with Crippen LogP contribution in [0.3, 0.4) is 0 Å². The van der Waals surface area contributed by atoms with Gasteiger partial charge in [-0.15, -0.1) is 0 Å². The summed E-state index contributed by atoms with van der Waals surface area (Å²) in [6.07, 6.45) is 5.19. The Bertz CT molecular complexity index is 1560. The molecule has 3 aliphatic heterocycles. The first-order valence-corrected chi connectivity index (χ1v) is 13.9. The topological polar surface area (TPSA) is 120 Å². The van der Waals surface area contributed by atoms with Crippen molar-refractivity contribution in [2.45, 2.75) is 53.0 Å². The van der Waals surface area contributed by atoms with E-state index in [0.29, 0.717) is 13.2 Å². The van der Waals surface area contributed by atoms with Crippen molar-refractivity contribution in [1.82, 2.24) is 5.32 Å². The van der Waals surface area contributed by atoms with Crippen molar-refractivity contribution in [2.24, 2.45) is 16.3 Å². The summed E-state index contributed by atoms with van der Waals surface area (Å²) in [6.45, 7) is 6.89. The molecule has 0 fully saturated rings.